The lowest BCUT2D eigenvalue weighted by Gasteiger charge is -2.22. The molecule has 3 rings (SSSR count). The molecule has 2 atom stereocenters. The number of methoxy groups -OCH3 is 1. The van der Waals surface area contributed by atoms with Crippen LogP contribution in [0.4, 0.5) is 0 Å². The van der Waals surface area contributed by atoms with E-state index in [2.05, 4.69) is 17.4 Å². The SMILES string of the molecule is CC[C@H](Oc1ccc2c(c1)CCCC2)C(=O)N[C@@H](C)COc1ccccc1OC. The molecule has 5 nitrogen and oxygen atoms in total. The Balaban J connectivity index is 1.53. The van der Waals surface area contributed by atoms with Crippen molar-refractivity contribution < 1.29 is 19.0 Å². The fraction of sp³-hybridized carbons (Fsp3) is 0.458. The number of para-hydroxylation sites is 2. The molecule has 1 amide bonds. The number of nitrogens with one attached hydrogen (secondary N) is 1. The molecule has 0 radical (unpaired) electrons. The van der Waals surface area contributed by atoms with Crippen LogP contribution in [-0.2, 0) is 17.6 Å². The number of hydrogen-bond donors (Lipinski definition) is 1. The van der Waals surface area contributed by atoms with E-state index in [9.17, 15) is 4.79 Å². The fourth-order valence-electron chi connectivity index (χ4n) is 3.60. The van der Waals surface area contributed by atoms with Crippen molar-refractivity contribution in [3.05, 3.63) is 53.6 Å². The first-order valence-corrected chi connectivity index (χ1v) is 10.4. The number of hydrogen-bond acceptors (Lipinski definition) is 4. The van der Waals surface area contributed by atoms with Crippen molar-refractivity contribution in [2.75, 3.05) is 13.7 Å². The van der Waals surface area contributed by atoms with E-state index in [0.29, 0.717) is 24.5 Å². The van der Waals surface area contributed by atoms with Gasteiger partial charge in [0.15, 0.2) is 17.6 Å². The summed E-state index contributed by atoms with van der Waals surface area (Å²) in [6, 6.07) is 13.5. The zero-order chi connectivity index (χ0) is 20.6. The minimum Gasteiger partial charge on any atom is -0.493 e. The number of fused-ring (bicyclic) bond motifs is 1. The summed E-state index contributed by atoms with van der Waals surface area (Å²) in [5, 5.41) is 2.99. The van der Waals surface area contributed by atoms with Crippen molar-refractivity contribution in [3.63, 3.8) is 0 Å². The van der Waals surface area contributed by atoms with Gasteiger partial charge in [-0.15, -0.1) is 0 Å². The summed E-state index contributed by atoms with van der Waals surface area (Å²) in [7, 11) is 1.61. The van der Waals surface area contributed by atoms with Gasteiger partial charge in [0.2, 0.25) is 0 Å². The predicted molar refractivity (Wildman–Crippen MR) is 114 cm³/mol. The van der Waals surface area contributed by atoms with Crippen LogP contribution in [0.2, 0.25) is 0 Å². The zero-order valence-corrected chi connectivity index (χ0v) is 17.6. The zero-order valence-electron chi connectivity index (χ0n) is 17.6. The maximum atomic E-state index is 12.7. The summed E-state index contributed by atoms with van der Waals surface area (Å²) in [5.41, 5.74) is 2.76. The molecule has 0 bridgehead atoms. The van der Waals surface area contributed by atoms with E-state index in [1.54, 1.807) is 7.11 Å². The second-order valence-electron chi connectivity index (χ2n) is 7.52. The monoisotopic (exact) mass is 397 g/mol. The Hall–Kier alpha value is -2.69. The average molecular weight is 398 g/mol. The van der Waals surface area contributed by atoms with Gasteiger partial charge in [0.05, 0.1) is 13.2 Å². The smallest absolute Gasteiger partial charge is 0.261 e. The number of carbonyl (C=O) groups is 1. The van der Waals surface area contributed by atoms with Crippen molar-refractivity contribution in [1.29, 1.82) is 0 Å². The third-order valence-corrected chi connectivity index (χ3v) is 5.21. The molecule has 1 aliphatic rings. The molecule has 5 heteroatoms. The summed E-state index contributed by atoms with van der Waals surface area (Å²) >= 11 is 0. The van der Waals surface area contributed by atoms with E-state index in [1.807, 2.05) is 44.2 Å². The van der Waals surface area contributed by atoms with E-state index < -0.39 is 6.10 Å². The topological polar surface area (TPSA) is 56.8 Å². The number of ether oxygens (including phenoxy) is 3. The van der Waals surface area contributed by atoms with Crippen LogP contribution in [0.15, 0.2) is 42.5 Å². The second kappa shape index (κ2) is 10.2. The highest BCUT2D eigenvalue weighted by Gasteiger charge is 2.21. The molecule has 0 heterocycles. The summed E-state index contributed by atoms with van der Waals surface area (Å²) < 4.78 is 17.1. The maximum absolute atomic E-state index is 12.7. The van der Waals surface area contributed by atoms with Gasteiger partial charge in [-0.1, -0.05) is 25.1 Å². The number of carbonyl (C=O) groups excluding carboxylic acids is 1. The molecule has 156 valence electrons. The molecule has 2 aromatic rings. The summed E-state index contributed by atoms with van der Waals surface area (Å²) in [6.07, 6.45) is 4.78. The van der Waals surface area contributed by atoms with Crippen molar-refractivity contribution >= 4 is 5.91 Å². The standard InChI is InChI=1S/C24H31NO4/c1-4-21(29-20-14-13-18-9-5-6-10-19(18)15-20)24(26)25-17(2)16-28-23-12-8-7-11-22(23)27-3/h7-8,11-15,17,21H,4-6,9-10,16H2,1-3H3,(H,25,26)/t17-,21-/m0/s1. The maximum Gasteiger partial charge on any atom is 0.261 e. The van der Waals surface area contributed by atoms with Gasteiger partial charge in [-0.3, -0.25) is 4.79 Å². The highest BCUT2D eigenvalue weighted by atomic mass is 16.5. The van der Waals surface area contributed by atoms with Gasteiger partial charge in [0, 0.05) is 0 Å². The molecule has 0 saturated carbocycles. The van der Waals surface area contributed by atoms with Gasteiger partial charge < -0.3 is 19.5 Å². The Morgan fingerprint density at radius 3 is 2.52 bits per heavy atom. The molecule has 0 aliphatic heterocycles. The molecule has 0 aromatic heterocycles. The highest BCUT2D eigenvalue weighted by Crippen LogP contribution is 2.27. The summed E-state index contributed by atoms with van der Waals surface area (Å²) in [4.78, 5) is 12.7. The minimum atomic E-state index is -0.523. The number of benzene rings is 2. The van der Waals surface area contributed by atoms with Crippen LogP contribution in [0.5, 0.6) is 17.2 Å². The molecular formula is C24H31NO4. The largest absolute Gasteiger partial charge is 0.493 e. The van der Waals surface area contributed by atoms with Gasteiger partial charge in [-0.05, 0) is 74.4 Å². The fourth-order valence-corrected chi connectivity index (χ4v) is 3.60. The van der Waals surface area contributed by atoms with E-state index in [0.717, 1.165) is 18.6 Å². The van der Waals surface area contributed by atoms with Crippen molar-refractivity contribution in [2.24, 2.45) is 0 Å². The van der Waals surface area contributed by atoms with Crippen LogP contribution in [0.25, 0.3) is 0 Å². The lowest BCUT2D eigenvalue weighted by molar-refractivity contribution is -0.128. The van der Waals surface area contributed by atoms with Crippen LogP contribution in [0.1, 0.15) is 44.2 Å². The van der Waals surface area contributed by atoms with Gasteiger partial charge >= 0.3 is 0 Å². The Bertz CT molecular complexity index is 820. The Morgan fingerprint density at radius 1 is 1.07 bits per heavy atom. The quantitative estimate of drug-likeness (QED) is 0.685. The summed E-state index contributed by atoms with van der Waals surface area (Å²) in [6.45, 7) is 4.22. The molecule has 0 unspecified atom stereocenters. The molecule has 0 saturated heterocycles. The molecular weight excluding hydrogens is 366 g/mol. The third kappa shape index (κ3) is 5.66. The first-order chi connectivity index (χ1) is 14.1. The molecule has 1 aliphatic carbocycles. The normalized spacial score (nSPS) is 15.0. The minimum absolute atomic E-state index is 0.124. The van der Waals surface area contributed by atoms with Gasteiger partial charge in [-0.2, -0.15) is 0 Å². The van der Waals surface area contributed by atoms with Crippen LogP contribution < -0.4 is 19.5 Å². The van der Waals surface area contributed by atoms with Gasteiger partial charge in [0.25, 0.3) is 5.91 Å². The van der Waals surface area contributed by atoms with Gasteiger partial charge in [-0.25, -0.2) is 0 Å². The van der Waals surface area contributed by atoms with E-state index >= 15 is 0 Å². The van der Waals surface area contributed by atoms with Crippen molar-refractivity contribution in [2.45, 2.75) is 58.1 Å². The Kier molecular flexibility index (Phi) is 7.39. The highest BCUT2D eigenvalue weighted by molar-refractivity contribution is 5.81. The molecule has 2 aromatic carbocycles. The van der Waals surface area contributed by atoms with Crippen molar-refractivity contribution in [1.82, 2.24) is 5.32 Å². The third-order valence-electron chi connectivity index (χ3n) is 5.21. The van der Waals surface area contributed by atoms with E-state index in [1.165, 1.54) is 24.0 Å². The van der Waals surface area contributed by atoms with Crippen LogP contribution >= 0.6 is 0 Å². The first kappa shape index (κ1) is 21.0. The van der Waals surface area contributed by atoms with Crippen LogP contribution in [0, 0.1) is 0 Å². The molecule has 0 spiro atoms. The van der Waals surface area contributed by atoms with Gasteiger partial charge in [0.1, 0.15) is 12.4 Å². The number of amides is 1. The number of aryl methyl sites for hydroxylation is 2. The Labute approximate surface area is 173 Å². The van der Waals surface area contributed by atoms with E-state index in [4.69, 9.17) is 14.2 Å². The Morgan fingerprint density at radius 2 is 1.79 bits per heavy atom. The molecule has 29 heavy (non-hydrogen) atoms. The van der Waals surface area contributed by atoms with Crippen LogP contribution in [0.3, 0.4) is 0 Å². The average Bonchev–Trinajstić information content (AvgIpc) is 2.76. The second-order valence-corrected chi connectivity index (χ2v) is 7.52. The summed E-state index contributed by atoms with van der Waals surface area (Å²) in [5.74, 6) is 1.98. The van der Waals surface area contributed by atoms with Crippen molar-refractivity contribution in [3.8, 4) is 17.2 Å². The van der Waals surface area contributed by atoms with Crippen LogP contribution in [-0.4, -0.2) is 31.8 Å². The lowest BCUT2D eigenvalue weighted by Crippen LogP contribution is -2.44. The number of rotatable bonds is 9. The predicted octanol–water partition coefficient (Wildman–Crippen LogP) is 4.32. The first-order valence-electron chi connectivity index (χ1n) is 10.4. The lowest BCUT2D eigenvalue weighted by atomic mass is 9.92. The molecule has 1 N–H and O–H groups in total. The van der Waals surface area contributed by atoms with E-state index in [-0.39, 0.29) is 11.9 Å². The molecule has 0 fully saturated rings.